The summed E-state index contributed by atoms with van der Waals surface area (Å²) in [5.74, 6) is -0.784. The van der Waals surface area contributed by atoms with Crippen molar-refractivity contribution in [3.8, 4) is 0 Å². The Morgan fingerprint density at radius 2 is 1.94 bits per heavy atom. The van der Waals surface area contributed by atoms with E-state index in [4.69, 9.17) is 11.6 Å². The third-order valence-electron chi connectivity index (χ3n) is 2.37. The third-order valence-corrected chi connectivity index (χ3v) is 2.75. The molecular formula is C13H9ClFNO. The lowest BCUT2D eigenvalue weighted by Crippen LogP contribution is -2.05. The van der Waals surface area contributed by atoms with Gasteiger partial charge >= 0.3 is 0 Å². The normalized spacial score (nSPS) is 10.2. The summed E-state index contributed by atoms with van der Waals surface area (Å²) in [5, 5.41) is -0.119. The van der Waals surface area contributed by atoms with Gasteiger partial charge in [0.25, 0.3) is 0 Å². The van der Waals surface area contributed by atoms with Crippen LogP contribution in [0.4, 0.5) is 4.39 Å². The number of benzene rings is 1. The van der Waals surface area contributed by atoms with E-state index in [0.717, 1.165) is 5.56 Å². The largest absolute Gasteiger partial charge is 0.294 e. The maximum absolute atomic E-state index is 13.2. The predicted molar refractivity (Wildman–Crippen MR) is 63.7 cm³/mol. The number of nitrogens with zero attached hydrogens (tertiary/aromatic N) is 1. The average molecular weight is 250 g/mol. The lowest BCUT2D eigenvalue weighted by Gasteiger charge is -2.04. The zero-order chi connectivity index (χ0) is 12.3. The Morgan fingerprint density at radius 1 is 1.24 bits per heavy atom. The van der Waals surface area contributed by atoms with E-state index in [0.29, 0.717) is 0 Å². The molecule has 1 heterocycles. The van der Waals surface area contributed by atoms with Crippen molar-refractivity contribution in [1.82, 2.24) is 4.98 Å². The van der Waals surface area contributed by atoms with Crippen LogP contribution in [0.25, 0.3) is 0 Å². The molecule has 0 fully saturated rings. The lowest BCUT2D eigenvalue weighted by atomic mass is 10.0. The van der Waals surface area contributed by atoms with Crippen LogP contribution in [0.2, 0.25) is 5.02 Å². The first-order valence-electron chi connectivity index (χ1n) is 5.04. The van der Waals surface area contributed by atoms with Gasteiger partial charge in [0.1, 0.15) is 5.82 Å². The fourth-order valence-electron chi connectivity index (χ4n) is 1.50. The number of pyridine rings is 1. The second kappa shape index (κ2) is 5.06. The maximum atomic E-state index is 13.2. The number of halogens is 2. The zero-order valence-corrected chi connectivity index (χ0v) is 9.62. The lowest BCUT2D eigenvalue weighted by molar-refractivity contribution is 0.0992. The van der Waals surface area contributed by atoms with Gasteiger partial charge in [0.15, 0.2) is 5.78 Å². The molecule has 0 bridgehead atoms. The molecule has 4 heteroatoms. The Hall–Kier alpha value is -1.74. The second-order valence-corrected chi connectivity index (χ2v) is 3.93. The summed E-state index contributed by atoms with van der Waals surface area (Å²) in [5.41, 5.74) is 1.04. The molecule has 0 radical (unpaired) electrons. The van der Waals surface area contributed by atoms with Gasteiger partial charge in [-0.15, -0.1) is 0 Å². The monoisotopic (exact) mass is 249 g/mol. The minimum absolute atomic E-state index is 0.119. The SMILES string of the molecule is O=C(Cc1ccncc1)c1cccc(F)c1Cl. The first kappa shape index (κ1) is 11.7. The highest BCUT2D eigenvalue weighted by Gasteiger charge is 2.13. The number of aromatic nitrogens is 1. The molecule has 0 N–H and O–H groups in total. The van der Waals surface area contributed by atoms with Crippen molar-refractivity contribution >= 4 is 17.4 Å². The van der Waals surface area contributed by atoms with E-state index in [9.17, 15) is 9.18 Å². The third kappa shape index (κ3) is 2.68. The molecule has 0 atom stereocenters. The quantitative estimate of drug-likeness (QED) is 0.782. The molecule has 0 aliphatic heterocycles. The molecule has 0 aliphatic rings. The smallest absolute Gasteiger partial charge is 0.168 e. The van der Waals surface area contributed by atoms with Gasteiger partial charge in [-0.2, -0.15) is 0 Å². The first-order valence-corrected chi connectivity index (χ1v) is 5.42. The Morgan fingerprint density at radius 3 is 2.65 bits per heavy atom. The van der Waals surface area contributed by atoms with Crippen LogP contribution in [0.15, 0.2) is 42.7 Å². The molecule has 2 aromatic rings. The molecular weight excluding hydrogens is 241 g/mol. The van der Waals surface area contributed by atoms with Gasteiger partial charge in [0, 0.05) is 24.4 Å². The van der Waals surface area contributed by atoms with Crippen LogP contribution in [0.1, 0.15) is 15.9 Å². The van der Waals surface area contributed by atoms with Crippen LogP contribution in [-0.4, -0.2) is 10.8 Å². The molecule has 2 rings (SSSR count). The number of rotatable bonds is 3. The first-order chi connectivity index (χ1) is 8.18. The highest BCUT2D eigenvalue weighted by atomic mass is 35.5. The molecule has 0 spiro atoms. The molecule has 0 aliphatic carbocycles. The highest BCUT2D eigenvalue weighted by Crippen LogP contribution is 2.21. The van der Waals surface area contributed by atoms with Crippen molar-refractivity contribution < 1.29 is 9.18 Å². The molecule has 1 aromatic carbocycles. The van der Waals surface area contributed by atoms with Crippen molar-refractivity contribution in [2.45, 2.75) is 6.42 Å². The van der Waals surface area contributed by atoms with Crippen LogP contribution in [0.5, 0.6) is 0 Å². The van der Waals surface area contributed by atoms with E-state index >= 15 is 0 Å². The number of Topliss-reactive ketones (excluding diaryl/α,β-unsaturated/α-hetero) is 1. The van der Waals surface area contributed by atoms with Gasteiger partial charge < -0.3 is 0 Å². The number of hydrogen-bond donors (Lipinski definition) is 0. The van der Waals surface area contributed by atoms with Gasteiger partial charge in [0.05, 0.1) is 5.02 Å². The molecule has 17 heavy (non-hydrogen) atoms. The Labute approximate surface area is 103 Å². The topological polar surface area (TPSA) is 30.0 Å². The average Bonchev–Trinajstić information content (AvgIpc) is 2.34. The molecule has 0 amide bonds. The Kier molecular flexibility index (Phi) is 3.49. The molecule has 0 saturated heterocycles. The van der Waals surface area contributed by atoms with Gasteiger partial charge in [0.2, 0.25) is 0 Å². The van der Waals surface area contributed by atoms with Crippen LogP contribution in [-0.2, 0) is 6.42 Å². The summed E-state index contributed by atoms with van der Waals surface area (Å²) in [6.45, 7) is 0. The molecule has 2 nitrogen and oxygen atoms in total. The standard InChI is InChI=1S/C13H9ClFNO/c14-13-10(2-1-3-11(13)15)12(17)8-9-4-6-16-7-5-9/h1-7H,8H2. The van der Waals surface area contributed by atoms with Crippen LogP contribution in [0, 0.1) is 5.82 Å². The summed E-state index contributed by atoms with van der Waals surface area (Å²) in [6, 6.07) is 7.71. The predicted octanol–water partition coefficient (Wildman–Crippen LogP) is 3.30. The van der Waals surface area contributed by atoms with E-state index in [1.54, 1.807) is 24.5 Å². The van der Waals surface area contributed by atoms with Gasteiger partial charge in [-0.1, -0.05) is 17.7 Å². The van der Waals surface area contributed by atoms with Crippen LogP contribution >= 0.6 is 11.6 Å². The maximum Gasteiger partial charge on any atom is 0.168 e. The van der Waals surface area contributed by atoms with E-state index in [2.05, 4.69) is 4.98 Å². The fraction of sp³-hybridized carbons (Fsp3) is 0.0769. The summed E-state index contributed by atoms with van der Waals surface area (Å²) in [4.78, 5) is 15.8. The van der Waals surface area contributed by atoms with Crippen molar-refractivity contribution in [2.75, 3.05) is 0 Å². The van der Waals surface area contributed by atoms with E-state index in [1.165, 1.54) is 18.2 Å². The fourth-order valence-corrected chi connectivity index (χ4v) is 1.73. The number of ketones is 1. The zero-order valence-electron chi connectivity index (χ0n) is 8.86. The number of carbonyl (C=O) groups excluding carboxylic acids is 1. The summed E-state index contributed by atoms with van der Waals surface area (Å²) in [7, 11) is 0. The summed E-state index contributed by atoms with van der Waals surface area (Å²) >= 11 is 5.75. The summed E-state index contributed by atoms with van der Waals surface area (Å²) in [6.07, 6.45) is 3.40. The minimum Gasteiger partial charge on any atom is -0.294 e. The van der Waals surface area contributed by atoms with Gasteiger partial charge in [-0.25, -0.2) is 4.39 Å². The van der Waals surface area contributed by atoms with Crippen LogP contribution in [0.3, 0.4) is 0 Å². The van der Waals surface area contributed by atoms with Gasteiger partial charge in [-0.3, -0.25) is 9.78 Å². The van der Waals surface area contributed by atoms with Crippen LogP contribution < -0.4 is 0 Å². The Bertz CT molecular complexity index is 542. The number of hydrogen-bond acceptors (Lipinski definition) is 2. The van der Waals surface area contributed by atoms with E-state index in [-0.39, 0.29) is 22.8 Å². The summed E-state index contributed by atoms with van der Waals surface area (Å²) < 4.78 is 13.2. The van der Waals surface area contributed by atoms with E-state index < -0.39 is 5.82 Å². The van der Waals surface area contributed by atoms with Crippen molar-refractivity contribution in [3.63, 3.8) is 0 Å². The molecule has 86 valence electrons. The Balaban J connectivity index is 2.24. The molecule has 1 aromatic heterocycles. The minimum atomic E-state index is -0.577. The number of carbonyl (C=O) groups is 1. The second-order valence-electron chi connectivity index (χ2n) is 3.56. The molecule has 0 saturated carbocycles. The van der Waals surface area contributed by atoms with Crippen molar-refractivity contribution in [1.29, 1.82) is 0 Å². The van der Waals surface area contributed by atoms with Gasteiger partial charge in [-0.05, 0) is 29.8 Å². The highest BCUT2D eigenvalue weighted by molar-refractivity contribution is 6.34. The van der Waals surface area contributed by atoms with Crippen molar-refractivity contribution in [2.24, 2.45) is 0 Å². The van der Waals surface area contributed by atoms with Crippen molar-refractivity contribution in [3.05, 3.63) is 64.7 Å². The van der Waals surface area contributed by atoms with E-state index in [1.807, 2.05) is 0 Å². The molecule has 0 unspecified atom stereocenters.